The zero-order valence-corrected chi connectivity index (χ0v) is 31.6. The highest BCUT2D eigenvalue weighted by Gasteiger charge is 2.42. The largest absolute Gasteiger partial charge is 0.463 e. The van der Waals surface area contributed by atoms with E-state index in [0.29, 0.717) is 5.92 Å². The normalized spacial score (nSPS) is 20.5. The number of hydrogen-bond acceptors (Lipinski definition) is 8. The van der Waals surface area contributed by atoms with Crippen molar-refractivity contribution in [2.45, 2.75) is 131 Å². The molecular weight excluding hydrogens is 632 g/mol. The van der Waals surface area contributed by atoms with Gasteiger partial charge in [0.15, 0.2) is 0 Å². The van der Waals surface area contributed by atoms with Crippen LogP contribution in [0.3, 0.4) is 0 Å². The minimum absolute atomic E-state index is 0.113. The first-order chi connectivity index (χ1) is 23.4. The summed E-state index contributed by atoms with van der Waals surface area (Å²) >= 11 is 0. The molecule has 0 amide bonds. The molecule has 1 saturated carbocycles. The Morgan fingerprint density at radius 2 is 1.44 bits per heavy atom. The molecule has 0 radical (unpaired) electrons. The average molecular weight is 693 g/mol. The summed E-state index contributed by atoms with van der Waals surface area (Å²) in [5.41, 5.74) is 0.445. The van der Waals surface area contributed by atoms with Gasteiger partial charge >= 0.3 is 17.9 Å². The monoisotopic (exact) mass is 692 g/mol. The molecule has 8 nitrogen and oxygen atoms in total. The van der Waals surface area contributed by atoms with E-state index in [1.807, 2.05) is 48.5 Å². The highest BCUT2D eigenvalue weighted by atomic mass is 16.6. The number of ether oxygens (including phenoxy) is 4. The van der Waals surface area contributed by atoms with Crippen molar-refractivity contribution in [2.75, 3.05) is 6.61 Å². The van der Waals surface area contributed by atoms with Gasteiger partial charge in [0.1, 0.15) is 18.8 Å². The molecule has 0 unspecified atom stereocenters. The van der Waals surface area contributed by atoms with Crippen LogP contribution in [0.4, 0.5) is 0 Å². The second-order valence-electron chi connectivity index (χ2n) is 16.5. The standard InChI is InChI=1S/C42H60O8/c1-29-20-22-35(42(8,9)31-18-14-11-15-19-31)36(24-29)50-37(44)23-21-33(49-39(46)41(5,6)7)26-34(47-27-30-16-12-10-13-17-30)25-32(43)28-48-38(45)40(2,3)4/h10-19,21,23,29,32-36,43H,20,22,24-28H2,1-9H3/b23-21+/t29-,32-,33-,34-,35-,36-/m1/s1. The lowest BCUT2D eigenvalue weighted by molar-refractivity contribution is -0.160. The Kier molecular flexibility index (Phi) is 14.8. The van der Waals surface area contributed by atoms with Crippen molar-refractivity contribution in [1.29, 1.82) is 0 Å². The van der Waals surface area contributed by atoms with E-state index >= 15 is 0 Å². The van der Waals surface area contributed by atoms with E-state index in [2.05, 4.69) is 32.9 Å². The highest BCUT2D eigenvalue weighted by molar-refractivity contribution is 5.82. The Bertz CT molecular complexity index is 1390. The third-order valence-electron chi connectivity index (χ3n) is 9.46. The van der Waals surface area contributed by atoms with E-state index in [0.717, 1.165) is 24.8 Å². The summed E-state index contributed by atoms with van der Waals surface area (Å²) in [4.78, 5) is 38.9. The first kappa shape index (κ1) is 40.9. The Labute approximate surface area is 299 Å². The molecule has 50 heavy (non-hydrogen) atoms. The molecule has 6 atom stereocenters. The summed E-state index contributed by atoms with van der Waals surface area (Å²) < 4.78 is 23.7. The van der Waals surface area contributed by atoms with Crippen molar-refractivity contribution in [3.8, 4) is 0 Å². The van der Waals surface area contributed by atoms with Crippen LogP contribution >= 0.6 is 0 Å². The van der Waals surface area contributed by atoms with Crippen molar-refractivity contribution in [3.63, 3.8) is 0 Å². The molecule has 2 aromatic carbocycles. The fraction of sp³-hybridized carbons (Fsp3) is 0.595. The second kappa shape index (κ2) is 18.1. The number of aliphatic hydroxyl groups is 1. The van der Waals surface area contributed by atoms with Gasteiger partial charge in [-0.25, -0.2) is 4.79 Å². The highest BCUT2D eigenvalue weighted by Crippen LogP contribution is 2.43. The summed E-state index contributed by atoms with van der Waals surface area (Å²) in [6.45, 7) is 17.2. The molecule has 8 heteroatoms. The van der Waals surface area contributed by atoms with Crippen molar-refractivity contribution in [2.24, 2.45) is 22.7 Å². The maximum absolute atomic E-state index is 13.4. The van der Waals surface area contributed by atoms with E-state index < -0.39 is 47.0 Å². The predicted octanol–water partition coefficient (Wildman–Crippen LogP) is 8.14. The van der Waals surface area contributed by atoms with Crippen LogP contribution in [0.25, 0.3) is 0 Å². The van der Waals surface area contributed by atoms with Gasteiger partial charge in [0, 0.05) is 24.8 Å². The molecule has 1 aliphatic carbocycles. The Hall–Kier alpha value is -3.49. The van der Waals surface area contributed by atoms with Crippen molar-refractivity contribution < 1.29 is 38.4 Å². The van der Waals surface area contributed by atoms with E-state index in [4.69, 9.17) is 18.9 Å². The lowest BCUT2D eigenvalue weighted by Crippen LogP contribution is -2.43. The van der Waals surface area contributed by atoms with Gasteiger partial charge in [0.25, 0.3) is 0 Å². The molecule has 0 aliphatic heterocycles. The summed E-state index contributed by atoms with van der Waals surface area (Å²) in [5.74, 6) is -0.786. The molecule has 0 bridgehead atoms. The van der Waals surface area contributed by atoms with E-state index in [9.17, 15) is 19.5 Å². The molecule has 2 aromatic rings. The quantitative estimate of drug-likeness (QED) is 0.113. The Morgan fingerprint density at radius 3 is 2.04 bits per heavy atom. The smallest absolute Gasteiger partial charge is 0.330 e. The molecule has 0 heterocycles. The lowest BCUT2D eigenvalue weighted by atomic mass is 9.64. The van der Waals surface area contributed by atoms with Crippen LogP contribution in [0.2, 0.25) is 0 Å². The summed E-state index contributed by atoms with van der Waals surface area (Å²) in [7, 11) is 0. The third kappa shape index (κ3) is 13.0. The third-order valence-corrected chi connectivity index (χ3v) is 9.46. The van der Waals surface area contributed by atoms with Crippen molar-refractivity contribution in [1.82, 2.24) is 0 Å². The van der Waals surface area contributed by atoms with Crippen LogP contribution < -0.4 is 0 Å². The predicted molar refractivity (Wildman–Crippen MR) is 195 cm³/mol. The number of aliphatic hydroxyl groups excluding tert-OH is 1. The minimum Gasteiger partial charge on any atom is -0.463 e. The van der Waals surface area contributed by atoms with Crippen LogP contribution in [-0.4, -0.2) is 54.0 Å². The molecule has 1 fully saturated rings. The van der Waals surface area contributed by atoms with Crippen LogP contribution in [0.5, 0.6) is 0 Å². The Morgan fingerprint density at radius 1 is 0.840 bits per heavy atom. The van der Waals surface area contributed by atoms with Crippen LogP contribution in [-0.2, 0) is 45.4 Å². The van der Waals surface area contributed by atoms with Gasteiger partial charge < -0.3 is 24.1 Å². The fourth-order valence-corrected chi connectivity index (χ4v) is 6.26. The van der Waals surface area contributed by atoms with Gasteiger partial charge in [-0.3, -0.25) is 9.59 Å². The second-order valence-corrected chi connectivity index (χ2v) is 16.5. The molecule has 3 rings (SSSR count). The number of hydrogen-bond donors (Lipinski definition) is 1. The average Bonchev–Trinajstić information content (AvgIpc) is 3.04. The molecule has 0 spiro atoms. The molecule has 276 valence electrons. The SMILES string of the molecule is C[C@@H]1CC[C@@H](C(C)(C)c2ccccc2)[C@H](OC(=O)/C=C/[C@H](C[C@@H](C[C@@H](O)COC(=O)C(C)(C)C)OCc2ccccc2)OC(=O)C(C)(C)C)C1. The van der Waals surface area contributed by atoms with Crippen molar-refractivity contribution >= 4 is 17.9 Å². The molecule has 0 aromatic heterocycles. The van der Waals surface area contributed by atoms with Crippen LogP contribution in [0.1, 0.15) is 106 Å². The fourth-order valence-electron chi connectivity index (χ4n) is 6.26. The maximum Gasteiger partial charge on any atom is 0.330 e. The summed E-state index contributed by atoms with van der Waals surface area (Å²) in [6, 6.07) is 20.0. The number of esters is 3. The molecule has 1 N–H and O–H groups in total. The summed E-state index contributed by atoms with van der Waals surface area (Å²) in [5, 5.41) is 10.9. The van der Waals surface area contributed by atoms with Crippen LogP contribution in [0.15, 0.2) is 72.8 Å². The van der Waals surface area contributed by atoms with Gasteiger partial charge in [-0.05, 0) is 82.9 Å². The van der Waals surface area contributed by atoms with E-state index in [1.54, 1.807) is 47.6 Å². The molecule has 1 aliphatic rings. The number of benzene rings is 2. The number of rotatable bonds is 15. The minimum atomic E-state index is -1.02. The molecular formula is C42H60O8. The first-order valence-electron chi connectivity index (χ1n) is 18.0. The lowest BCUT2D eigenvalue weighted by Gasteiger charge is -2.43. The van der Waals surface area contributed by atoms with Gasteiger partial charge in [0.2, 0.25) is 0 Å². The van der Waals surface area contributed by atoms with Crippen molar-refractivity contribution in [3.05, 3.63) is 83.9 Å². The van der Waals surface area contributed by atoms with Gasteiger partial charge in [-0.2, -0.15) is 0 Å². The van der Waals surface area contributed by atoms with Gasteiger partial charge in [-0.15, -0.1) is 0 Å². The first-order valence-corrected chi connectivity index (χ1v) is 18.0. The number of carbonyl (C=O) groups is 3. The van der Waals surface area contributed by atoms with E-state index in [-0.39, 0.29) is 43.5 Å². The zero-order valence-electron chi connectivity index (χ0n) is 31.6. The van der Waals surface area contributed by atoms with Gasteiger partial charge in [0.05, 0.1) is 29.6 Å². The van der Waals surface area contributed by atoms with Gasteiger partial charge in [-0.1, -0.05) is 87.9 Å². The summed E-state index contributed by atoms with van der Waals surface area (Å²) in [6.07, 6.45) is 3.23. The Balaban J connectivity index is 1.80. The number of carbonyl (C=O) groups excluding carboxylic acids is 3. The van der Waals surface area contributed by atoms with E-state index in [1.165, 1.54) is 11.6 Å². The molecule has 0 saturated heterocycles. The van der Waals surface area contributed by atoms with Crippen LogP contribution in [0, 0.1) is 22.7 Å². The maximum atomic E-state index is 13.4. The zero-order chi connectivity index (χ0) is 37.1. The topological polar surface area (TPSA) is 108 Å².